The molecule has 0 unspecified atom stereocenters. The lowest BCUT2D eigenvalue weighted by molar-refractivity contribution is 0.613. The van der Waals surface area contributed by atoms with Gasteiger partial charge in [0.15, 0.2) is 0 Å². The van der Waals surface area contributed by atoms with Gasteiger partial charge in [-0.3, -0.25) is 0 Å². The molecule has 0 aliphatic carbocycles. The van der Waals surface area contributed by atoms with Crippen LogP contribution < -0.4 is 5.32 Å². The molecule has 0 radical (unpaired) electrons. The Hall–Kier alpha value is -1.68. The van der Waals surface area contributed by atoms with E-state index in [2.05, 4.69) is 10.3 Å². The van der Waals surface area contributed by atoms with Crippen molar-refractivity contribution in [2.75, 3.05) is 0 Å². The van der Waals surface area contributed by atoms with Gasteiger partial charge in [0.05, 0.1) is 6.54 Å². The second-order valence-corrected chi connectivity index (χ2v) is 3.69. The monoisotopic (exact) mass is 219 g/mol. The zero-order valence-electron chi connectivity index (χ0n) is 9.15. The number of nitrogens with zero attached hydrogens (tertiary/aromatic N) is 2. The number of halogens is 1. The quantitative estimate of drug-likeness (QED) is 0.850. The van der Waals surface area contributed by atoms with Crippen molar-refractivity contribution in [2.45, 2.75) is 13.1 Å². The van der Waals surface area contributed by atoms with Crippen LogP contribution >= 0.6 is 0 Å². The van der Waals surface area contributed by atoms with Crippen molar-refractivity contribution in [3.8, 4) is 0 Å². The number of hydrogen-bond acceptors (Lipinski definition) is 2. The molecule has 0 bridgehead atoms. The third-order valence-corrected chi connectivity index (χ3v) is 2.42. The first-order valence-electron chi connectivity index (χ1n) is 5.17. The number of hydrogen-bond donors (Lipinski definition) is 1. The SMILES string of the molecule is Cn1ccnc1CNCc1cccc(F)c1. The van der Waals surface area contributed by atoms with E-state index in [-0.39, 0.29) is 5.82 Å². The van der Waals surface area contributed by atoms with Crippen LogP contribution in [0.1, 0.15) is 11.4 Å². The number of aromatic nitrogens is 2. The summed E-state index contributed by atoms with van der Waals surface area (Å²) in [6.07, 6.45) is 3.67. The summed E-state index contributed by atoms with van der Waals surface area (Å²) >= 11 is 0. The van der Waals surface area contributed by atoms with Gasteiger partial charge in [0.25, 0.3) is 0 Å². The molecule has 0 amide bonds. The molecule has 1 aromatic heterocycles. The minimum atomic E-state index is -0.198. The molecular weight excluding hydrogens is 205 g/mol. The van der Waals surface area contributed by atoms with E-state index in [1.807, 2.05) is 23.9 Å². The van der Waals surface area contributed by atoms with Crippen LogP contribution in [0.3, 0.4) is 0 Å². The average molecular weight is 219 g/mol. The Balaban J connectivity index is 1.87. The van der Waals surface area contributed by atoms with Gasteiger partial charge in [-0.2, -0.15) is 0 Å². The molecular formula is C12H14FN3. The first-order chi connectivity index (χ1) is 7.75. The molecule has 0 aliphatic heterocycles. The minimum absolute atomic E-state index is 0.198. The van der Waals surface area contributed by atoms with Crippen LogP contribution in [0.15, 0.2) is 36.7 Å². The molecule has 0 saturated carbocycles. The van der Waals surface area contributed by atoms with Gasteiger partial charge in [0.2, 0.25) is 0 Å². The van der Waals surface area contributed by atoms with Crippen molar-refractivity contribution >= 4 is 0 Å². The number of imidazole rings is 1. The van der Waals surface area contributed by atoms with Gasteiger partial charge in [-0.1, -0.05) is 12.1 Å². The maximum absolute atomic E-state index is 12.9. The highest BCUT2D eigenvalue weighted by atomic mass is 19.1. The minimum Gasteiger partial charge on any atom is -0.337 e. The van der Waals surface area contributed by atoms with E-state index < -0.39 is 0 Å². The Morgan fingerprint density at radius 3 is 2.94 bits per heavy atom. The highest BCUT2D eigenvalue weighted by Gasteiger charge is 1.99. The molecule has 0 aliphatic rings. The van der Waals surface area contributed by atoms with E-state index in [1.165, 1.54) is 12.1 Å². The predicted octanol–water partition coefficient (Wildman–Crippen LogP) is 1.85. The van der Waals surface area contributed by atoms with Crippen molar-refractivity contribution in [3.05, 3.63) is 53.9 Å². The molecule has 16 heavy (non-hydrogen) atoms. The third kappa shape index (κ3) is 2.67. The zero-order chi connectivity index (χ0) is 11.4. The molecule has 2 aromatic rings. The summed E-state index contributed by atoms with van der Waals surface area (Å²) in [4.78, 5) is 4.19. The van der Waals surface area contributed by atoms with Crippen LogP contribution in [0.2, 0.25) is 0 Å². The Morgan fingerprint density at radius 1 is 1.38 bits per heavy atom. The first kappa shape index (κ1) is 10.8. The number of nitrogens with one attached hydrogen (secondary N) is 1. The molecule has 0 saturated heterocycles. The molecule has 0 spiro atoms. The predicted molar refractivity (Wildman–Crippen MR) is 60.2 cm³/mol. The molecule has 0 fully saturated rings. The van der Waals surface area contributed by atoms with E-state index in [1.54, 1.807) is 12.3 Å². The van der Waals surface area contributed by atoms with Crippen LogP contribution in [0, 0.1) is 5.82 Å². The van der Waals surface area contributed by atoms with Crippen molar-refractivity contribution in [1.29, 1.82) is 0 Å². The standard InChI is InChI=1S/C12H14FN3/c1-16-6-5-15-12(16)9-14-8-10-3-2-4-11(13)7-10/h2-7,14H,8-9H2,1H3. The largest absolute Gasteiger partial charge is 0.337 e. The van der Waals surface area contributed by atoms with Gasteiger partial charge < -0.3 is 9.88 Å². The number of benzene rings is 1. The summed E-state index contributed by atoms with van der Waals surface area (Å²) in [6.45, 7) is 1.32. The first-order valence-corrected chi connectivity index (χ1v) is 5.17. The highest BCUT2D eigenvalue weighted by molar-refractivity contribution is 5.16. The van der Waals surface area contributed by atoms with Gasteiger partial charge in [0.1, 0.15) is 11.6 Å². The highest BCUT2D eigenvalue weighted by Crippen LogP contribution is 2.03. The topological polar surface area (TPSA) is 29.9 Å². The summed E-state index contributed by atoms with van der Waals surface area (Å²) < 4.78 is 14.8. The Bertz CT molecular complexity index is 465. The molecule has 2 rings (SSSR count). The third-order valence-electron chi connectivity index (χ3n) is 2.42. The van der Waals surface area contributed by atoms with Gasteiger partial charge in [0, 0.05) is 26.0 Å². The lowest BCUT2D eigenvalue weighted by atomic mass is 10.2. The molecule has 1 N–H and O–H groups in total. The maximum atomic E-state index is 12.9. The van der Waals surface area contributed by atoms with Gasteiger partial charge in [-0.05, 0) is 17.7 Å². The lowest BCUT2D eigenvalue weighted by Gasteiger charge is -2.05. The zero-order valence-corrected chi connectivity index (χ0v) is 9.15. The molecule has 4 heteroatoms. The fraction of sp³-hybridized carbons (Fsp3) is 0.250. The summed E-state index contributed by atoms with van der Waals surface area (Å²) in [5.41, 5.74) is 0.939. The average Bonchev–Trinajstić information content (AvgIpc) is 2.65. The lowest BCUT2D eigenvalue weighted by Crippen LogP contribution is -2.15. The van der Waals surface area contributed by atoms with Crippen molar-refractivity contribution in [1.82, 2.24) is 14.9 Å². The van der Waals surface area contributed by atoms with E-state index in [9.17, 15) is 4.39 Å². The summed E-state index contributed by atoms with van der Waals surface area (Å²) in [7, 11) is 1.95. The van der Waals surface area contributed by atoms with Crippen LogP contribution in [0.5, 0.6) is 0 Å². The van der Waals surface area contributed by atoms with Crippen molar-refractivity contribution < 1.29 is 4.39 Å². The Labute approximate surface area is 93.9 Å². The van der Waals surface area contributed by atoms with Crippen LogP contribution in [0.25, 0.3) is 0 Å². The van der Waals surface area contributed by atoms with Gasteiger partial charge in [-0.25, -0.2) is 9.37 Å². The summed E-state index contributed by atoms with van der Waals surface area (Å²) in [5, 5.41) is 3.22. The van der Waals surface area contributed by atoms with E-state index in [0.29, 0.717) is 13.1 Å². The Kier molecular flexibility index (Phi) is 3.31. The fourth-order valence-electron chi connectivity index (χ4n) is 1.53. The summed E-state index contributed by atoms with van der Waals surface area (Å²) in [6, 6.07) is 6.59. The second kappa shape index (κ2) is 4.90. The van der Waals surface area contributed by atoms with Crippen LogP contribution in [-0.2, 0) is 20.1 Å². The fourth-order valence-corrected chi connectivity index (χ4v) is 1.53. The second-order valence-electron chi connectivity index (χ2n) is 3.69. The summed E-state index contributed by atoms with van der Waals surface area (Å²) in [5.74, 6) is 0.771. The van der Waals surface area contributed by atoms with E-state index in [4.69, 9.17) is 0 Å². The van der Waals surface area contributed by atoms with Gasteiger partial charge in [-0.15, -0.1) is 0 Å². The van der Waals surface area contributed by atoms with E-state index in [0.717, 1.165) is 11.4 Å². The molecule has 0 atom stereocenters. The van der Waals surface area contributed by atoms with Crippen molar-refractivity contribution in [3.63, 3.8) is 0 Å². The molecule has 84 valence electrons. The smallest absolute Gasteiger partial charge is 0.123 e. The normalized spacial score (nSPS) is 10.6. The van der Waals surface area contributed by atoms with Crippen LogP contribution in [-0.4, -0.2) is 9.55 Å². The number of rotatable bonds is 4. The van der Waals surface area contributed by atoms with Crippen LogP contribution in [0.4, 0.5) is 4.39 Å². The van der Waals surface area contributed by atoms with Crippen molar-refractivity contribution in [2.24, 2.45) is 7.05 Å². The van der Waals surface area contributed by atoms with Gasteiger partial charge >= 0.3 is 0 Å². The maximum Gasteiger partial charge on any atom is 0.123 e. The molecule has 1 heterocycles. The molecule has 1 aromatic carbocycles. The molecule has 3 nitrogen and oxygen atoms in total. The number of aryl methyl sites for hydroxylation is 1. The van der Waals surface area contributed by atoms with E-state index >= 15 is 0 Å². The Morgan fingerprint density at radius 2 is 2.25 bits per heavy atom.